The molecule has 136 valence electrons. The lowest BCUT2D eigenvalue weighted by Crippen LogP contribution is -2.36. The zero-order chi connectivity index (χ0) is 18.6. The number of aromatic nitrogens is 3. The number of nitrogens with zero attached hydrogens (tertiary/aromatic N) is 4. The number of thioether (sulfide) groups is 1. The molecule has 0 aliphatic rings. The van der Waals surface area contributed by atoms with Gasteiger partial charge in [-0.15, -0.1) is 10.2 Å². The van der Waals surface area contributed by atoms with Crippen LogP contribution in [0.1, 0.15) is 25.2 Å². The van der Waals surface area contributed by atoms with E-state index in [0.717, 1.165) is 17.3 Å². The molecule has 0 saturated carbocycles. The van der Waals surface area contributed by atoms with Crippen molar-refractivity contribution in [2.75, 3.05) is 12.4 Å². The van der Waals surface area contributed by atoms with Crippen molar-refractivity contribution >= 4 is 17.7 Å². The fraction of sp³-hybridized carbons (Fsp3) is 0.400. The van der Waals surface area contributed by atoms with Crippen molar-refractivity contribution in [2.24, 2.45) is 0 Å². The summed E-state index contributed by atoms with van der Waals surface area (Å²) in [4.78, 5) is 14.2. The smallest absolute Gasteiger partial charge is 0.338 e. The van der Waals surface area contributed by atoms with E-state index in [4.69, 9.17) is 5.84 Å². The highest BCUT2D eigenvalue weighted by Gasteiger charge is 2.38. The highest BCUT2D eigenvalue weighted by Crippen LogP contribution is 2.30. The lowest BCUT2D eigenvalue weighted by molar-refractivity contribution is -0.146. The Hall–Kier alpha value is -2.23. The summed E-state index contributed by atoms with van der Waals surface area (Å²) in [5, 5.41) is 5.66. The van der Waals surface area contributed by atoms with Gasteiger partial charge in [-0.2, -0.15) is 13.2 Å². The summed E-state index contributed by atoms with van der Waals surface area (Å²) in [6, 6.07) is 9.44. The molecule has 25 heavy (non-hydrogen) atoms. The Morgan fingerprint density at radius 1 is 1.32 bits per heavy atom. The van der Waals surface area contributed by atoms with Crippen molar-refractivity contribution in [3.8, 4) is 0 Å². The van der Waals surface area contributed by atoms with Gasteiger partial charge in [-0.05, 0) is 19.4 Å². The highest BCUT2D eigenvalue weighted by molar-refractivity contribution is 8.00. The van der Waals surface area contributed by atoms with E-state index < -0.39 is 17.3 Å². The summed E-state index contributed by atoms with van der Waals surface area (Å²) in [6.45, 7) is 4.33. The Bertz CT molecular complexity index is 720. The van der Waals surface area contributed by atoms with Gasteiger partial charge in [-0.3, -0.25) is 4.79 Å². The van der Waals surface area contributed by atoms with Crippen molar-refractivity contribution in [1.29, 1.82) is 0 Å². The number of nitrogen functional groups attached to an aromatic ring is 1. The second-order valence-corrected chi connectivity index (χ2v) is 6.58. The van der Waals surface area contributed by atoms with Gasteiger partial charge in [0.05, 0.1) is 5.25 Å². The van der Waals surface area contributed by atoms with Crippen LogP contribution >= 0.6 is 11.8 Å². The van der Waals surface area contributed by atoms with Crippen LogP contribution in [0.25, 0.3) is 0 Å². The van der Waals surface area contributed by atoms with E-state index in [1.165, 1.54) is 0 Å². The number of nitrogens with two attached hydrogens (primary N) is 1. The molecule has 2 rings (SSSR count). The minimum absolute atomic E-state index is 0.163. The van der Waals surface area contributed by atoms with Gasteiger partial charge in [0.15, 0.2) is 0 Å². The fourth-order valence-corrected chi connectivity index (χ4v) is 3.02. The van der Waals surface area contributed by atoms with E-state index in [2.05, 4.69) is 10.2 Å². The highest BCUT2D eigenvalue weighted by atomic mass is 32.2. The second-order valence-electron chi connectivity index (χ2n) is 5.27. The van der Waals surface area contributed by atoms with Crippen molar-refractivity contribution < 1.29 is 18.0 Å². The Morgan fingerprint density at radius 2 is 1.96 bits per heavy atom. The third-order valence-corrected chi connectivity index (χ3v) is 4.50. The summed E-state index contributed by atoms with van der Waals surface area (Å²) in [7, 11) is 0. The quantitative estimate of drug-likeness (QED) is 0.622. The number of amides is 1. The van der Waals surface area contributed by atoms with Crippen LogP contribution in [-0.4, -0.2) is 37.5 Å². The first-order valence-electron chi connectivity index (χ1n) is 7.51. The Labute approximate surface area is 147 Å². The lowest BCUT2D eigenvalue weighted by Gasteiger charge is -2.24. The molecule has 10 heteroatoms. The molecule has 2 aromatic rings. The van der Waals surface area contributed by atoms with Gasteiger partial charge in [0.1, 0.15) is 0 Å². The van der Waals surface area contributed by atoms with Crippen LogP contribution in [0.3, 0.4) is 0 Å². The first-order chi connectivity index (χ1) is 11.7. The number of benzene rings is 1. The van der Waals surface area contributed by atoms with Gasteiger partial charge in [-0.1, -0.05) is 42.1 Å². The molecule has 2 N–H and O–H groups in total. The SMILES string of the molecule is CCN(Cc1ccccc1)C(=O)C(C)Sc1nnc(C(F)(F)F)n1N. The maximum atomic E-state index is 12.7. The summed E-state index contributed by atoms with van der Waals surface area (Å²) < 4.78 is 38.4. The molecule has 1 aromatic carbocycles. The van der Waals surface area contributed by atoms with E-state index in [0.29, 0.717) is 17.8 Å². The molecule has 0 spiro atoms. The van der Waals surface area contributed by atoms with Crippen molar-refractivity contribution in [3.05, 3.63) is 41.7 Å². The van der Waals surface area contributed by atoms with Crippen LogP contribution in [0.2, 0.25) is 0 Å². The Balaban J connectivity index is 2.07. The molecule has 1 aromatic heterocycles. The fourth-order valence-electron chi connectivity index (χ4n) is 2.17. The average Bonchev–Trinajstić information content (AvgIpc) is 2.93. The number of carbonyl (C=O) groups excluding carboxylic acids is 1. The first kappa shape index (κ1) is 19.1. The van der Waals surface area contributed by atoms with E-state index in [9.17, 15) is 18.0 Å². The summed E-state index contributed by atoms with van der Waals surface area (Å²) in [5.41, 5.74) is 0.969. The first-order valence-corrected chi connectivity index (χ1v) is 8.39. The number of hydrogen-bond donors (Lipinski definition) is 1. The zero-order valence-corrected chi connectivity index (χ0v) is 14.5. The second kappa shape index (κ2) is 7.77. The molecule has 0 fully saturated rings. The lowest BCUT2D eigenvalue weighted by atomic mass is 10.2. The molecule has 6 nitrogen and oxygen atoms in total. The largest absolute Gasteiger partial charge is 0.453 e. The van der Waals surface area contributed by atoms with Gasteiger partial charge in [0.2, 0.25) is 11.1 Å². The van der Waals surface area contributed by atoms with Crippen molar-refractivity contribution in [3.63, 3.8) is 0 Å². The molecule has 0 aliphatic heterocycles. The predicted octanol–water partition coefficient (Wildman–Crippen LogP) is 2.54. The number of rotatable bonds is 6. The number of hydrogen-bond acceptors (Lipinski definition) is 5. The van der Waals surface area contributed by atoms with Crippen LogP contribution in [0.15, 0.2) is 35.5 Å². The standard InChI is InChI=1S/C15H18F3N5OS/c1-3-22(9-11-7-5-4-6-8-11)12(24)10(2)25-14-21-20-13(23(14)19)15(16,17)18/h4-8,10H,3,9,19H2,1-2H3. The molecule has 0 saturated heterocycles. The van der Waals surface area contributed by atoms with E-state index >= 15 is 0 Å². The molecule has 0 bridgehead atoms. The number of alkyl halides is 3. The predicted molar refractivity (Wildman–Crippen MR) is 88.0 cm³/mol. The van der Waals surface area contributed by atoms with Crippen molar-refractivity contribution in [1.82, 2.24) is 19.8 Å². The van der Waals surface area contributed by atoms with Crippen LogP contribution in [-0.2, 0) is 17.5 Å². The molecule has 1 amide bonds. The van der Waals surface area contributed by atoms with Gasteiger partial charge >= 0.3 is 6.18 Å². The molecule has 0 aliphatic carbocycles. The van der Waals surface area contributed by atoms with Gasteiger partial charge in [0, 0.05) is 13.1 Å². The molecular weight excluding hydrogens is 355 g/mol. The topological polar surface area (TPSA) is 77.0 Å². The van der Waals surface area contributed by atoms with Crippen LogP contribution in [0.4, 0.5) is 13.2 Å². The number of carbonyl (C=O) groups is 1. The monoisotopic (exact) mass is 373 g/mol. The number of halogens is 3. The van der Waals surface area contributed by atoms with Crippen LogP contribution in [0.5, 0.6) is 0 Å². The molecule has 1 unspecified atom stereocenters. The minimum Gasteiger partial charge on any atom is -0.338 e. The summed E-state index contributed by atoms with van der Waals surface area (Å²) in [5.74, 6) is 3.88. The van der Waals surface area contributed by atoms with E-state index in [1.807, 2.05) is 37.3 Å². The maximum Gasteiger partial charge on any atom is 0.453 e. The van der Waals surface area contributed by atoms with Crippen molar-refractivity contribution in [2.45, 2.75) is 37.0 Å². The maximum absolute atomic E-state index is 12.7. The minimum atomic E-state index is -4.70. The van der Waals surface area contributed by atoms with Crippen LogP contribution in [0, 0.1) is 0 Å². The molecule has 1 atom stereocenters. The molecule has 1 heterocycles. The van der Waals surface area contributed by atoms with Gasteiger partial charge in [0.25, 0.3) is 5.82 Å². The summed E-state index contributed by atoms with van der Waals surface area (Å²) >= 11 is 0.843. The Morgan fingerprint density at radius 3 is 2.48 bits per heavy atom. The summed E-state index contributed by atoms with van der Waals surface area (Å²) in [6.07, 6.45) is -4.70. The molecule has 0 radical (unpaired) electrons. The zero-order valence-electron chi connectivity index (χ0n) is 13.7. The van der Waals surface area contributed by atoms with Crippen LogP contribution < -0.4 is 5.84 Å². The average molecular weight is 373 g/mol. The third kappa shape index (κ3) is 4.65. The Kier molecular flexibility index (Phi) is 5.93. The van der Waals surface area contributed by atoms with E-state index in [1.54, 1.807) is 11.8 Å². The van der Waals surface area contributed by atoms with Gasteiger partial charge < -0.3 is 10.7 Å². The third-order valence-electron chi connectivity index (χ3n) is 3.46. The normalized spacial score (nSPS) is 12.8. The van der Waals surface area contributed by atoms with Gasteiger partial charge in [-0.25, -0.2) is 4.68 Å². The molecular formula is C15H18F3N5OS. The van der Waals surface area contributed by atoms with E-state index in [-0.39, 0.29) is 11.1 Å².